The Kier molecular flexibility index (Phi) is 9.84. The summed E-state index contributed by atoms with van der Waals surface area (Å²) in [4.78, 5) is 21.5. The van der Waals surface area contributed by atoms with Crippen LogP contribution >= 0.6 is 11.8 Å². The second kappa shape index (κ2) is 11.5. The fourth-order valence-electron chi connectivity index (χ4n) is 3.74. The molecule has 9 N–H and O–H groups in total. The Morgan fingerprint density at radius 2 is 1.82 bits per heavy atom. The Balaban J connectivity index is 2.28. The van der Waals surface area contributed by atoms with Crippen LogP contribution in [0.3, 0.4) is 0 Å². The molecule has 2 aliphatic heterocycles. The molecule has 0 aromatic rings. The van der Waals surface area contributed by atoms with Crippen LogP contribution in [0.2, 0.25) is 0 Å². The minimum absolute atomic E-state index is 0.319. The van der Waals surface area contributed by atoms with E-state index in [1.807, 2.05) is 0 Å². The third-order valence-electron chi connectivity index (χ3n) is 5.57. The second-order valence-electron chi connectivity index (χ2n) is 7.94. The largest absolute Gasteiger partial charge is 0.478 e. The summed E-state index contributed by atoms with van der Waals surface area (Å²) in [5.74, 6) is -2.51. The second-order valence-corrected chi connectivity index (χ2v) is 9.22. The van der Waals surface area contributed by atoms with Crippen LogP contribution in [0.25, 0.3) is 0 Å². The average Bonchev–Trinajstić information content (AvgIpc) is 2.77. The first-order valence-corrected chi connectivity index (χ1v) is 11.1. The number of carbonyl (C=O) groups is 2. The molecule has 2 heterocycles. The van der Waals surface area contributed by atoms with Crippen LogP contribution in [0.4, 0.5) is 0 Å². The molecule has 192 valence electrons. The first kappa shape index (κ1) is 28.1. The first-order chi connectivity index (χ1) is 15.4. The van der Waals surface area contributed by atoms with Crippen molar-refractivity contribution in [2.24, 2.45) is 0 Å². The maximum absolute atomic E-state index is 12.2. The zero-order valence-corrected chi connectivity index (χ0v) is 18.7. The van der Waals surface area contributed by atoms with Crippen molar-refractivity contribution < 1.29 is 64.7 Å². The van der Waals surface area contributed by atoms with E-state index < -0.39 is 91.0 Å². The molecule has 2 saturated heterocycles. The molecule has 2 rings (SSSR count). The molecule has 0 bridgehead atoms. The van der Waals surface area contributed by atoms with Crippen molar-refractivity contribution >= 4 is 23.6 Å². The van der Waals surface area contributed by atoms with Gasteiger partial charge >= 0.3 is 5.97 Å². The number of amides is 1. The summed E-state index contributed by atoms with van der Waals surface area (Å²) in [6, 6.07) is -1.31. The summed E-state index contributed by atoms with van der Waals surface area (Å²) >= 11 is 0.561. The van der Waals surface area contributed by atoms with Crippen molar-refractivity contribution in [1.82, 2.24) is 5.32 Å². The molecule has 0 saturated carbocycles. The van der Waals surface area contributed by atoms with Gasteiger partial charge in [-0.05, 0) is 0 Å². The number of aliphatic hydroxyl groups is 7. The molecule has 15 heteroatoms. The van der Waals surface area contributed by atoms with Crippen LogP contribution in [-0.4, -0.2) is 138 Å². The lowest BCUT2D eigenvalue weighted by Crippen LogP contribution is -2.66. The summed E-state index contributed by atoms with van der Waals surface area (Å²) in [7, 11) is 1.20. The lowest BCUT2D eigenvalue weighted by atomic mass is 9.90. The molecular formula is C18H31NO13S. The molecule has 2 fully saturated rings. The predicted molar refractivity (Wildman–Crippen MR) is 109 cm³/mol. The van der Waals surface area contributed by atoms with Gasteiger partial charge in [-0.3, -0.25) is 4.79 Å². The van der Waals surface area contributed by atoms with Crippen molar-refractivity contribution in [1.29, 1.82) is 0 Å². The van der Waals surface area contributed by atoms with E-state index in [1.165, 1.54) is 7.11 Å². The molecule has 14 nitrogen and oxygen atoms in total. The molecule has 0 aromatic heterocycles. The zero-order chi connectivity index (χ0) is 25.1. The fraction of sp³-hybridized carbons (Fsp3) is 0.889. The minimum atomic E-state index is -2.23. The van der Waals surface area contributed by atoms with Crippen LogP contribution in [-0.2, 0) is 23.8 Å². The van der Waals surface area contributed by atoms with Gasteiger partial charge in [-0.25, -0.2) is 4.79 Å². The van der Waals surface area contributed by atoms with Gasteiger partial charge in [0.1, 0.15) is 36.6 Å². The van der Waals surface area contributed by atoms with Gasteiger partial charge in [0.2, 0.25) is 10.8 Å². The summed E-state index contributed by atoms with van der Waals surface area (Å²) in [5, 5.41) is 82.4. The number of carboxylic acids is 1. The number of thioether (sulfide) groups is 1. The van der Waals surface area contributed by atoms with Crippen molar-refractivity contribution in [2.75, 3.05) is 19.5 Å². The van der Waals surface area contributed by atoms with Crippen LogP contribution in [0.1, 0.15) is 13.3 Å². The van der Waals surface area contributed by atoms with Crippen molar-refractivity contribution in [3.8, 4) is 0 Å². The Bertz CT molecular complexity index is 684. The van der Waals surface area contributed by atoms with E-state index in [4.69, 9.17) is 19.3 Å². The Morgan fingerprint density at radius 1 is 1.18 bits per heavy atom. The lowest BCUT2D eigenvalue weighted by Gasteiger charge is -2.47. The fourth-order valence-corrected chi connectivity index (χ4v) is 5.04. The van der Waals surface area contributed by atoms with E-state index in [0.717, 1.165) is 6.92 Å². The summed E-state index contributed by atoms with van der Waals surface area (Å²) < 4.78 is 15.9. The highest BCUT2D eigenvalue weighted by molar-refractivity contribution is 8.01. The summed E-state index contributed by atoms with van der Waals surface area (Å²) in [5.41, 5.74) is 0. The monoisotopic (exact) mass is 501 g/mol. The number of hydrogen-bond donors (Lipinski definition) is 9. The van der Waals surface area contributed by atoms with Gasteiger partial charge in [0, 0.05) is 26.2 Å². The topological polar surface area (TPSA) is 236 Å². The molecular weight excluding hydrogens is 470 g/mol. The van der Waals surface area contributed by atoms with E-state index >= 15 is 0 Å². The molecule has 2 aliphatic rings. The molecule has 11 atom stereocenters. The smallest absolute Gasteiger partial charge is 0.346 e. The average molecular weight is 502 g/mol. The summed E-state index contributed by atoms with van der Waals surface area (Å²) in [6.07, 6.45) is -14.7. The molecule has 0 unspecified atom stereocenters. The normalized spacial score (nSPS) is 41.2. The van der Waals surface area contributed by atoms with Crippen LogP contribution < -0.4 is 5.32 Å². The van der Waals surface area contributed by atoms with E-state index in [9.17, 15) is 45.3 Å². The van der Waals surface area contributed by atoms with E-state index in [1.54, 1.807) is 0 Å². The van der Waals surface area contributed by atoms with Gasteiger partial charge in [0.25, 0.3) is 0 Å². The maximum atomic E-state index is 12.2. The van der Waals surface area contributed by atoms with Crippen LogP contribution in [0.5, 0.6) is 0 Å². The summed E-state index contributed by atoms with van der Waals surface area (Å²) in [6.45, 7) is 0.220. The van der Waals surface area contributed by atoms with Crippen molar-refractivity contribution in [2.45, 2.75) is 79.4 Å². The molecule has 1 amide bonds. The Morgan fingerprint density at radius 3 is 2.33 bits per heavy atom. The number of nitrogens with one attached hydrogen (secondary N) is 1. The van der Waals surface area contributed by atoms with Crippen LogP contribution in [0.15, 0.2) is 0 Å². The molecule has 0 spiro atoms. The van der Waals surface area contributed by atoms with Gasteiger partial charge in [-0.1, -0.05) is 0 Å². The third kappa shape index (κ3) is 6.12. The van der Waals surface area contributed by atoms with Gasteiger partial charge < -0.3 is 60.4 Å². The molecule has 0 aromatic carbocycles. The van der Waals surface area contributed by atoms with Gasteiger partial charge in [-0.2, -0.15) is 0 Å². The highest BCUT2D eigenvalue weighted by atomic mass is 32.2. The van der Waals surface area contributed by atoms with Gasteiger partial charge in [0.05, 0.1) is 24.9 Å². The molecule has 0 aliphatic carbocycles. The van der Waals surface area contributed by atoms with Gasteiger partial charge in [-0.15, -0.1) is 11.8 Å². The quantitative estimate of drug-likeness (QED) is 0.144. The lowest BCUT2D eigenvalue weighted by molar-refractivity contribution is -0.285. The maximum Gasteiger partial charge on any atom is 0.346 e. The Hall–Kier alpha value is -1.11. The number of ether oxygens (including phenoxy) is 3. The van der Waals surface area contributed by atoms with Gasteiger partial charge in [0.15, 0.2) is 6.29 Å². The number of carboxylic acid groups (broad SMARTS) is 1. The molecule has 33 heavy (non-hydrogen) atoms. The molecule has 0 radical (unpaired) electrons. The standard InChI is InChI=1S/C18H31NO13S/c1-6(21)19-10-7(22)3-18(17(28)29,32-15(10)11(24)8(23)4-20)33-5-9-12(25)13(26)14(27)16(30-2)31-9/h7-16,20,22-27H,3-5H2,1-2H3,(H,19,21)(H,28,29)/t7-,8+,9+,10+,11+,12-,13-,14+,15+,16+,18-/m0/s1. The number of methoxy groups -OCH3 is 1. The zero-order valence-electron chi connectivity index (χ0n) is 17.9. The third-order valence-corrected chi connectivity index (χ3v) is 6.97. The van der Waals surface area contributed by atoms with Crippen LogP contribution in [0, 0.1) is 0 Å². The number of carbonyl (C=O) groups excluding carboxylic acids is 1. The number of aliphatic carboxylic acids is 1. The number of hydrogen-bond acceptors (Lipinski definition) is 13. The van der Waals surface area contributed by atoms with E-state index in [0.29, 0.717) is 11.8 Å². The minimum Gasteiger partial charge on any atom is -0.478 e. The number of rotatable bonds is 9. The van der Waals surface area contributed by atoms with Crippen molar-refractivity contribution in [3.63, 3.8) is 0 Å². The Labute approximate surface area is 193 Å². The van der Waals surface area contributed by atoms with Crippen molar-refractivity contribution in [3.05, 3.63) is 0 Å². The number of aliphatic hydroxyl groups excluding tert-OH is 7. The first-order valence-electron chi connectivity index (χ1n) is 10.1. The van der Waals surface area contributed by atoms with E-state index in [2.05, 4.69) is 5.32 Å². The highest BCUT2D eigenvalue weighted by Crippen LogP contribution is 2.41. The predicted octanol–water partition coefficient (Wildman–Crippen LogP) is -4.68. The highest BCUT2D eigenvalue weighted by Gasteiger charge is 2.56. The van der Waals surface area contributed by atoms with E-state index in [-0.39, 0.29) is 5.75 Å². The SMILES string of the molecule is CO[C@@H]1O[C@H](CS[C@]2(C(=O)O)C[C@H](O)[C@@H](NC(C)=O)[C@H]([C@H](O)[C@H](O)CO)O2)[C@H](O)[C@H](O)[C@H]1O.